The summed E-state index contributed by atoms with van der Waals surface area (Å²) >= 11 is 6.07. The van der Waals surface area contributed by atoms with Gasteiger partial charge < -0.3 is 19.1 Å². The van der Waals surface area contributed by atoms with Gasteiger partial charge >= 0.3 is 0 Å². The molecule has 0 saturated carbocycles. The van der Waals surface area contributed by atoms with Crippen LogP contribution in [0.1, 0.15) is 29.6 Å². The maximum Gasteiger partial charge on any atom is 0.257 e. The van der Waals surface area contributed by atoms with E-state index in [9.17, 15) is 14.4 Å². The largest absolute Gasteiger partial charge is 0.491 e. The van der Waals surface area contributed by atoms with Gasteiger partial charge in [0, 0.05) is 50.4 Å². The lowest BCUT2D eigenvalue weighted by atomic mass is 10.1. The van der Waals surface area contributed by atoms with Gasteiger partial charge in [0.05, 0.1) is 12.1 Å². The lowest BCUT2D eigenvalue weighted by molar-refractivity contribution is -0.132. The Morgan fingerprint density at radius 1 is 1.10 bits per heavy atom. The molecule has 0 fully saturated rings. The van der Waals surface area contributed by atoms with Crippen LogP contribution in [0, 0.1) is 0 Å². The van der Waals surface area contributed by atoms with Crippen LogP contribution in [0.3, 0.4) is 0 Å². The van der Waals surface area contributed by atoms with Gasteiger partial charge in [-0.05, 0) is 37.1 Å². The number of halogens is 1. The predicted molar refractivity (Wildman–Crippen MR) is 115 cm³/mol. The van der Waals surface area contributed by atoms with Crippen LogP contribution in [0.2, 0.25) is 5.02 Å². The fourth-order valence-corrected chi connectivity index (χ4v) is 3.57. The molecule has 2 aromatic rings. The van der Waals surface area contributed by atoms with E-state index >= 15 is 0 Å². The van der Waals surface area contributed by atoms with Crippen LogP contribution in [0.25, 0.3) is 0 Å². The third-order valence-corrected chi connectivity index (χ3v) is 5.36. The highest BCUT2D eigenvalue weighted by atomic mass is 35.5. The Kier molecular flexibility index (Phi) is 7.52. The van der Waals surface area contributed by atoms with Gasteiger partial charge in [0.1, 0.15) is 12.4 Å². The van der Waals surface area contributed by atoms with E-state index in [1.807, 2.05) is 0 Å². The van der Waals surface area contributed by atoms with Gasteiger partial charge in [0.2, 0.25) is 5.91 Å². The standard InChI is InChI=1S/C22H26ClN3O4/c1-24-10-4-5-12-26(21(28)9-13-25-11-3-2-6-20(25)27)14-15-30-19-8-7-17(23)16-18(19)22(24)29/h2-3,6-8,11,16H,4-5,9-10,12-15H2,1H3. The molecule has 1 aromatic heterocycles. The summed E-state index contributed by atoms with van der Waals surface area (Å²) in [5.74, 6) is 0.307. The average molecular weight is 432 g/mol. The molecule has 0 atom stereocenters. The molecule has 1 aromatic carbocycles. The van der Waals surface area contributed by atoms with E-state index in [1.54, 1.807) is 53.4 Å². The Morgan fingerprint density at radius 3 is 2.70 bits per heavy atom. The Hall–Kier alpha value is -2.80. The molecule has 0 radical (unpaired) electrons. The first-order valence-corrected chi connectivity index (χ1v) is 10.4. The van der Waals surface area contributed by atoms with Gasteiger partial charge in [-0.25, -0.2) is 0 Å². The fraction of sp³-hybridized carbons (Fsp3) is 0.409. The normalized spacial score (nSPS) is 15.6. The molecule has 1 aliphatic rings. The van der Waals surface area contributed by atoms with Crippen molar-refractivity contribution in [3.05, 3.63) is 63.5 Å². The lowest BCUT2D eigenvalue weighted by Crippen LogP contribution is -2.37. The van der Waals surface area contributed by atoms with Gasteiger partial charge in [-0.3, -0.25) is 14.4 Å². The van der Waals surface area contributed by atoms with Gasteiger partial charge in [-0.1, -0.05) is 17.7 Å². The highest BCUT2D eigenvalue weighted by Crippen LogP contribution is 2.24. The first-order valence-electron chi connectivity index (χ1n) is 10.1. The number of pyridine rings is 1. The second kappa shape index (κ2) is 10.3. The van der Waals surface area contributed by atoms with E-state index in [0.717, 1.165) is 12.8 Å². The fourth-order valence-electron chi connectivity index (χ4n) is 3.40. The van der Waals surface area contributed by atoms with Crippen molar-refractivity contribution in [3.8, 4) is 5.75 Å². The molecular weight excluding hydrogens is 406 g/mol. The molecule has 3 rings (SSSR count). The summed E-state index contributed by atoms with van der Waals surface area (Å²) in [7, 11) is 1.75. The van der Waals surface area contributed by atoms with Crippen molar-refractivity contribution < 1.29 is 14.3 Å². The van der Waals surface area contributed by atoms with E-state index in [4.69, 9.17) is 16.3 Å². The van der Waals surface area contributed by atoms with E-state index < -0.39 is 0 Å². The van der Waals surface area contributed by atoms with Crippen LogP contribution in [-0.4, -0.2) is 59.5 Å². The topological polar surface area (TPSA) is 71.8 Å². The molecule has 2 heterocycles. The molecule has 2 amide bonds. The minimum atomic E-state index is -0.130. The third kappa shape index (κ3) is 5.63. The van der Waals surface area contributed by atoms with E-state index in [2.05, 4.69) is 0 Å². The van der Waals surface area contributed by atoms with Crippen molar-refractivity contribution in [2.45, 2.75) is 25.8 Å². The van der Waals surface area contributed by atoms with Crippen molar-refractivity contribution in [2.24, 2.45) is 0 Å². The molecule has 0 aliphatic carbocycles. The second-order valence-electron chi connectivity index (χ2n) is 7.29. The number of rotatable bonds is 3. The third-order valence-electron chi connectivity index (χ3n) is 5.13. The summed E-state index contributed by atoms with van der Waals surface area (Å²) in [5, 5.41) is 0.471. The van der Waals surface area contributed by atoms with Crippen molar-refractivity contribution in [1.29, 1.82) is 0 Å². The summed E-state index contributed by atoms with van der Waals surface area (Å²) < 4.78 is 7.37. The van der Waals surface area contributed by atoms with E-state index in [0.29, 0.717) is 42.5 Å². The zero-order chi connectivity index (χ0) is 21.5. The molecule has 0 bridgehead atoms. The maximum atomic E-state index is 12.8. The number of ether oxygens (including phenoxy) is 1. The summed E-state index contributed by atoms with van der Waals surface area (Å²) in [6.45, 7) is 2.18. The highest BCUT2D eigenvalue weighted by molar-refractivity contribution is 6.31. The summed E-state index contributed by atoms with van der Waals surface area (Å²) in [4.78, 5) is 40.8. The van der Waals surface area contributed by atoms with Crippen LogP contribution in [0.5, 0.6) is 5.75 Å². The number of hydrogen-bond donors (Lipinski definition) is 0. The molecule has 0 unspecified atom stereocenters. The number of carbonyl (C=O) groups excluding carboxylic acids is 2. The smallest absolute Gasteiger partial charge is 0.257 e. The first-order chi connectivity index (χ1) is 14.5. The van der Waals surface area contributed by atoms with Crippen LogP contribution in [0.4, 0.5) is 0 Å². The number of benzene rings is 1. The van der Waals surface area contributed by atoms with E-state index in [1.165, 1.54) is 10.6 Å². The van der Waals surface area contributed by atoms with Crippen LogP contribution < -0.4 is 10.3 Å². The molecule has 0 spiro atoms. The van der Waals surface area contributed by atoms with Crippen LogP contribution in [-0.2, 0) is 11.3 Å². The zero-order valence-corrected chi connectivity index (χ0v) is 17.8. The van der Waals surface area contributed by atoms with Gasteiger partial charge in [0.15, 0.2) is 0 Å². The molecule has 0 N–H and O–H groups in total. The number of aryl methyl sites for hydroxylation is 1. The number of carbonyl (C=O) groups is 2. The number of aromatic nitrogens is 1. The molecule has 0 saturated heterocycles. The lowest BCUT2D eigenvalue weighted by Gasteiger charge is -2.26. The minimum Gasteiger partial charge on any atom is -0.491 e. The molecule has 1 aliphatic heterocycles. The number of nitrogens with zero attached hydrogens (tertiary/aromatic N) is 3. The Morgan fingerprint density at radius 2 is 1.90 bits per heavy atom. The number of fused-ring (bicyclic) bond motifs is 1. The monoisotopic (exact) mass is 431 g/mol. The summed E-state index contributed by atoms with van der Waals surface area (Å²) in [6.07, 6.45) is 3.48. The van der Waals surface area contributed by atoms with Crippen molar-refractivity contribution >= 4 is 23.4 Å². The number of amides is 2. The minimum absolute atomic E-state index is 0.0211. The summed E-state index contributed by atoms with van der Waals surface area (Å²) in [6, 6.07) is 9.92. The first kappa shape index (κ1) is 21.9. The molecule has 7 nitrogen and oxygen atoms in total. The molecule has 8 heteroatoms. The highest BCUT2D eigenvalue weighted by Gasteiger charge is 2.20. The molecular formula is C22H26ClN3O4. The predicted octanol–water partition coefficient (Wildman–Crippen LogP) is 2.67. The second-order valence-corrected chi connectivity index (χ2v) is 7.72. The van der Waals surface area contributed by atoms with Crippen LogP contribution >= 0.6 is 11.6 Å². The zero-order valence-electron chi connectivity index (χ0n) is 17.1. The van der Waals surface area contributed by atoms with Crippen molar-refractivity contribution in [3.63, 3.8) is 0 Å². The van der Waals surface area contributed by atoms with E-state index in [-0.39, 0.29) is 30.4 Å². The Bertz CT molecular complexity index is 959. The molecule has 30 heavy (non-hydrogen) atoms. The molecule has 160 valence electrons. The average Bonchev–Trinajstić information content (AvgIpc) is 2.74. The van der Waals surface area contributed by atoms with Crippen molar-refractivity contribution in [1.82, 2.24) is 14.4 Å². The number of hydrogen-bond acceptors (Lipinski definition) is 4. The maximum absolute atomic E-state index is 12.8. The Labute approximate surface area is 180 Å². The van der Waals surface area contributed by atoms with Crippen LogP contribution in [0.15, 0.2) is 47.4 Å². The summed E-state index contributed by atoms with van der Waals surface area (Å²) in [5.41, 5.74) is 0.303. The van der Waals surface area contributed by atoms with Gasteiger partial charge in [-0.15, -0.1) is 0 Å². The quantitative estimate of drug-likeness (QED) is 0.749. The van der Waals surface area contributed by atoms with Gasteiger partial charge in [0.25, 0.3) is 11.5 Å². The Balaban J connectivity index is 1.69. The van der Waals surface area contributed by atoms with Crippen molar-refractivity contribution in [2.75, 3.05) is 33.3 Å². The van der Waals surface area contributed by atoms with Gasteiger partial charge in [-0.2, -0.15) is 0 Å². The SMILES string of the molecule is CN1CCCCN(C(=O)CCn2ccccc2=O)CCOc2ccc(Cl)cc2C1=O.